The van der Waals surface area contributed by atoms with Crippen LogP contribution in [0.2, 0.25) is 0 Å². The predicted molar refractivity (Wildman–Crippen MR) is 109 cm³/mol. The molecular formula is C22H26FN3O3. The van der Waals surface area contributed by atoms with E-state index in [9.17, 15) is 14.3 Å². The van der Waals surface area contributed by atoms with E-state index in [2.05, 4.69) is 21.3 Å². The zero-order valence-electron chi connectivity index (χ0n) is 16.8. The normalized spacial score (nSPS) is 18.2. The molecule has 154 valence electrons. The second kappa shape index (κ2) is 7.63. The first-order chi connectivity index (χ1) is 13.8. The molecule has 1 aromatic heterocycles. The van der Waals surface area contributed by atoms with Crippen LogP contribution in [0.1, 0.15) is 36.1 Å². The van der Waals surface area contributed by atoms with E-state index >= 15 is 0 Å². The van der Waals surface area contributed by atoms with Gasteiger partial charge in [-0.05, 0) is 56.9 Å². The van der Waals surface area contributed by atoms with Gasteiger partial charge >= 0.3 is 0 Å². The zero-order chi connectivity index (χ0) is 20.6. The van der Waals surface area contributed by atoms with Crippen LogP contribution >= 0.6 is 0 Å². The maximum absolute atomic E-state index is 14.0. The number of aromatic nitrogens is 1. The Bertz CT molecular complexity index is 939. The summed E-state index contributed by atoms with van der Waals surface area (Å²) in [4.78, 5) is 18.4. The van der Waals surface area contributed by atoms with Crippen molar-refractivity contribution in [3.05, 3.63) is 46.9 Å². The average Bonchev–Trinajstić information content (AvgIpc) is 2.71. The zero-order valence-corrected chi connectivity index (χ0v) is 16.8. The molecule has 1 fully saturated rings. The van der Waals surface area contributed by atoms with Crippen LogP contribution in [-0.4, -0.2) is 41.3 Å². The molecule has 2 aliphatic heterocycles. The number of nitrogens with zero attached hydrogens (tertiary/aromatic N) is 2. The minimum absolute atomic E-state index is 0.132. The summed E-state index contributed by atoms with van der Waals surface area (Å²) in [6, 6.07) is 6.95. The van der Waals surface area contributed by atoms with Gasteiger partial charge in [0.1, 0.15) is 29.6 Å². The Kier molecular flexibility index (Phi) is 5.17. The number of halogens is 1. The summed E-state index contributed by atoms with van der Waals surface area (Å²) in [5.74, 6) is 0.792. The summed E-state index contributed by atoms with van der Waals surface area (Å²) >= 11 is 0. The Morgan fingerprint density at radius 3 is 2.69 bits per heavy atom. The van der Waals surface area contributed by atoms with Gasteiger partial charge in [-0.25, -0.2) is 9.37 Å². The first-order valence-corrected chi connectivity index (χ1v) is 10.0. The minimum atomic E-state index is -0.949. The summed E-state index contributed by atoms with van der Waals surface area (Å²) in [6.45, 7) is 5.55. The molecule has 0 radical (unpaired) electrons. The standard InChI is InChI=1S/C22H26FN3O3/c1-14-3-7-19(24-15(14)2)26-11-9-22(28,10-12-26)13-29-18-6-5-17(23)21-16(18)4-8-20(27)25-21/h3,5-7,28H,4,8-13H2,1-2H3,(H,25,27). The van der Waals surface area contributed by atoms with Gasteiger partial charge in [0.15, 0.2) is 0 Å². The molecule has 1 amide bonds. The number of aryl methyl sites for hydroxylation is 2. The molecular weight excluding hydrogens is 373 g/mol. The number of carbonyl (C=O) groups excluding carboxylic acids is 1. The number of fused-ring (bicyclic) bond motifs is 1. The molecule has 0 aliphatic carbocycles. The van der Waals surface area contributed by atoms with Crippen molar-refractivity contribution in [1.82, 2.24) is 4.98 Å². The van der Waals surface area contributed by atoms with Crippen LogP contribution in [0.25, 0.3) is 0 Å². The van der Waals surface area contributed by atoms with E-state index in [4.69, 9.17) is 4.74 Å². The molecule has 0 bridgehead atoms. The Morgan fingerprint density at radius 2 is 1.97 bits per heavy atom. The lowest BCUT2D eigenvalue weighted by atomic mass is 9.92. The highest BCUT2D eigenvalue weighted by Crippen LogP contribution is 2.35. The molecule has 7 heteroatoms. The van der Waals surface area contributed by atoms with Gasteiger partial charge in [-0.2, -0.15) is 0 Å². The van der Waals surface area contributed by atoms with E-state index in [1.165, 1.54) is 6.07 Å². The number of hydrogen-bond acceptors (Lipinski definition) is 5. The van der Waals surface area contributed by atoms with Gasteiger partial charge in [0.05, 0.1) is 5.69 Å². The van der Waals surface area contributed by atoms with Crippen molar-refractivity contribution in [2.75, 3.05) is 29.9 Å². The molecule has 1 saturated heterocycles. The number of ether oxygens (including phenoxy) is 1. The fourth-order valence-corrected chi connectivity index (χ4v) is 3.86. The van der Waals surface area contributed by atoms with Crippen LogP contribution in [0.3, 0.4) is 0 Å². The third kappa shape index (κ3) is 4.05. The number of rotatable bonds is 4. The van der Waals surface area contributed by atoms with Gasteiger partial charge < -0.3 is 20.1 Å². The summed E-state index contributed by atoms with van der Waals surface area (Å²) in [7, 11) is 0. The summed E-state index contributed by atoms with van der Waals surface area (Å²) in [5.41, 5.74) is 2.08. The number of amides is 1. The largest absolute Gasteiger partial charge is 0.490 e. The lowest BCUT2D eigenvalue weighted by molar-refractivity contribution is -0.116. The smallest absolute Gasteiger partial charge is 0.224 e. The van der Waals surface area contributed by atoms with Crippen molar-refractivity contribution in [2.24, 2.45) is 0 Å². The fourth-order valence-electron chi connectivity index (χ4n) is 3.86. The molecule has 0 unspecified atom stereocenters. The van der Waals surface area contributed by atoms with E-state index < -0.39 is 11.4 Å². The molecule has 1 aromatic carbocycles. The fraction of sp³-hybridized carbons (Fsp3) is 0.455. The van der Waals surface area contributed by atoms with Gasteiger partial charge in [-0.1, -0.05) is 6.07 Å². The van der Waals surface area contributed by atoms with Crippen molar-refractivity contribution in [3.8, 4) is 5.75 Å². The maximum atomic E-state index is 14.0. The van der Waals surface area contributed by atoms with E-state index in [0.717, 1.165) is 17.1 Å². The lowest BCUT2D eigenvalue weighted by Gasteiger charge is -2.38. The van der Waals surface area contributed by atoms with Crippen molar-refractivity contribution in [2.45, 2.75) is 45.1 Å². The maximum Gasteiger partial charge on any atom is 0.224 e. The first-order valence-electron chi connectivity index (χ1n) is 10.0. The van der Waals surface area contributed by atoms with Crippen molar-refractivity contribution in [3.63, 3.8) is 0 Å². The highest BCUT2D eigenvalue weighted by atomic mass is 19.1. The molecule has 3 heterocycles. The van der Waals surface area contributed by atoms with Crippen molar-refractivity contribution < 1.29 is 19.0 Å². The Hall–Kier alpha value is -2.67. The number of nitrogens with one attached hydrogen (secondary N) is 1. The number of hydrogen-bond donors (Lipinski definition) is 2. The summed E-state index contributed by atoms with van der Waals surface area (Å²) < 4.78 is 19.9. The third-order valence-electron chi connectivity index (χ3n) is 5.94. The van der Waals surface area contributed by atoms with Crippen LogP contribution in [-0.2, 0) is 11.2 Å². The molecule has 0 spiro atoms. The quantitative estimate of drug-likeness (QED) is 0.826. The van der Waals surface area contributed by atoms with E-state index in [1.54, 1.807) is 6.07 Å². The number of pyridine rings is 1. The van der Waals surface area contributed by atoms with Crippen LogP contribution < -0.4 is 15.0 Å². The highest BCUT2D eigenvalue weighted by Gasteiger charge is 2.34. The second-order valence-electron chi connectivity index (χ2n) is 8.02. The van der Waals surface area contributed by atoms with Crippen LogP contribution in [0, 0.1) is 19.7 Å². The average molecular weight is 399 g/mol. The van der Waals surface area contributed by atoms with Gasteiger partial charge in [0.2, 0.25) is 5.91 Å². The van der Waals surface area contributed by atoms with Crippen LogP contribution in [0.4, 0.5) is 15.9 Å². The highest BCUT2D eigenvalue weighted by molar-refractivity contribution is 5.94. The topological polar surface area (TPSA) is 74.7 Å². The molecule has 4 rings (SSSR count). The number of benzene rings is 1. The molecule has 0 saturated carbocycles. The van der Waals surface area contributed by atoms with Gasteiger partial charge in [0.25, 0.3) is 0 Å². The third-order valence-corrected chi connectivity index (χ3v) is 5.94. The molecule has 6 nitrogen and oxygen atoms in total. The number of aliphatic hydroxyl groups is 1. The Balaban J connectivity index is 1.40. The number of carbonyl (C=O) groups is 1. The van der Waals surface area contributed by atoms with Gasteiger partial charge in [-0.15, -0.1) is 0 Å². The van der Waals surface area contributed by atoms with E-state index in [0.29, 0.717) is 50.1 Å². The molecule has 2 aromatic rings. The Labute approximate surface area is 169 Å². The van der Waals surface area contributed by atoms with Gasteiger partial charge in [0, 0.05) is 30.8 Å². The molecule has 0 atom stereocenters. The monoisotopic (exact) mass is 399 g/mol. The number of anilines is 2. The predicted octanol–water partition coefficient (Wildman–Crippen LogP) is 3.13. The van der Waals surface area contributed by atoms with Crippen molar-refractivity contribution in [1.29, 1.82) is 0 Å². The molecule has 2 N–H and O–H groups in total. The molecule has 29 heavy (non-hydrogen) atoms. The second-order valence-corrected chi connectivity index (χ2v) is 8.02. The lowest BCUT2D eigenvalue weighted by Crippen LogP contribution is -2.48. The van der Waals surface area contributed by atoms with Crippen LogP contribution in [0.15, 0.2) is 24.3 Å². The summed E-state index contributed by atoms with van der Waals surface area (Å²) in [6.07, 6.45) is 1.84. The SMILES string of the molecule is Cc1ccc(N2CCC(O)(COc3ccc(F)c4c3CCC(=O)N4)CC2)nc1C. The minimum Gasteiger partial charge on any atom is -0.490 e. The van der Waals surface area contributed by atoms with E-state index in [-0.39, 0.29) is 18.2 Å². The van der Waals surface area contributed by atoms with Crippen LogP contribution in [0.5, 0.6) is 5.75 Å². The van der Waals surface area contributed by atoms with Gasteiger partial charge in [-0.3, -0.25) is 4.79 Å². The molecule has 2 aliphatic rings. The van der Waals surface area contributed by atoms with E-state index in [1.807, 2.05) is 19.9 Å². The van der Waals surface area contributed by atoms with Crippen molar-refractivity contribution >= 4 is 17.4 Å². The summed E-state index contributed by atoms with van der Waals surface area (Å²) in [5, 5.41) is 13.6. The number of piperidine rings is 1. The Morgan fingerprint density at radius 1 is 1.21 bits per heavy atom. The first kappa shape index (κ1) is 19.6.